The number of carbonyl (C=O) groups is 1. The molecule has 2 N–H and O–H groups in total. The predicted molar refractivity (Wildman–Crippen MR) is 128 cm³/mol. The number of benzene rings is 3. The molecule has 0 fully saturated rings. The van der Waals surface area contributed by atoms with Crippen molar-refractivity contribution in [3.05, 3.63) is 100 Å². The largest absolute Gasteiger partial charge is 0.492 e. The van der Waals surface area contributed by atoms with Gasteiger partial charge in [0.1, 0.15) is 5.75 Å². The minimum Gasteiger partial charge on any atom is -0.492 e. The lowest BCUT2D eigenvalue weighted by atomic mass is 10.1. The molecule has 3 rings (SSSR count). The molecule has 3 aromatic rings. The Balaban J connectivity index is 1.45. The van der Waals surface area contributed by atoms with Gasteiger partial charge in [0.05, 0.1) is 11.1 Å². The second-order valence-corrected chi connectivity index (χ2v) is 7.94. The van der Waals surface area contributed by atoms with E-state index in [0.29, 0.717) is 29.6 Å². The van der Waals surface area contributed by atoms with Crippen molar-refractivity contribution in [2.75, 3.05) is 13.2 Å². The SMILES string of the molecule is O=C(NC(=S)NCCc1ccccc1)c1ccc(OCCc2ccccc2)c(Br)c1. The van der Waals surface area contributed by atoms with Crippen LogP contribution in [0.2, 0.25) is 0 Å². The Bertz CT molecular complexity index is 981. The van der Waals surface area contributed by atoms with Crippen molar-refractivity contribution < 1.29 is 9.53 Å². The molecule has 0 aliphatic heterocycles. The topological polar surface area (TPSA) is 50.4 Å². The maximum absolute atomic E-state index is 12.5. The van der Waals surface area contributed by atoms with Crippen molar-refractivity contribution in [3.8, 4) is 5.75 Å². The number of thiocarbonyl (C=S) groups is 1. The van der Waals surface area contributed by atoms with Crippen molar-refractivity contribution in [3.63, 3.8) is 0 Å². The number of rotatable bonds is 8. The van der Waals surface area contributed by atoms with E-state index in [-0.39, 0.29) is 5.91 Å². The van der Waals surface area contributed by atoms with Crippen molar-refractivity contribution in [2.45, 2.75) is 12.8 Å². The van der Waals surface area contributed by atoms with E-state index in [2.05, 4.69) is 50.8 Å². The van der Waals surface area contributed by atoms with Gasteiger partial charge < -0.3 is 10.1 Å². The zero-order valence-corrected chi connectivity index (χ0v) is 18.8. The average Bonchev–Trinajstić information content (AvgIpc) is 2.76. The second kappa shape index (κ2) is 11.5. The van der Waals surface area contributed by atoms with Crippen LogP contribution in [0.15, 0.2) is 83.3 Å². The Morgan fingerprint density at radius 2 is 1.53 bits per heavy atom. The molecule has 0 radical (unpaired) electrons. The fourth-order valence-corrected chi connectivity index (χ4v) is 3.56. The Labute approximate surface area is 190 Å². The van der Waals surface area contributed by atoms with Crippen LogP contribution in [0.1, 0.15) is 21.5 Å². The maximum atomic E-state index is 12.5. The summed E-state index contributed by atoms with van der Waals surface area (Å²) in [6.07, 6.45) is 1.65. The lowest BCUT2D eigenvalue weighted by Gasteiger charge is -2.12. The van der Waals surface area contributed by atoms with Gasteiger partial charge >= 0.3 is 0 Å². The highest BCUT2D eigenvalue weighted by atomic mass is 79.9. The van der Waals surface area contributed by atoms with Gasteiger partial charge in [-0.15, -0.1) is 0 Å². The molecule has 0 aromatic heterocycles. The van der Waals surface area contributed by atoms with Crippen molar-refractivity contribution >= 4 is 39.2 Å². The van der Waals surface area contributed by atoms with Gasteiger partial charge in [0.15, 0.2) is 5.11 Å². The Hall–Kier alpha value is -2.70. The number of hydrogen-bond donors (Lipinski definition) is 2. The van der Waals surface area contributed by atoms with E-state index < -0.39 is 0 Å². The maximum Gasteiger partial charge on any atom is 0.257 e. The van der Waals surface area contributed by atoms with Gasteiger partial charge in [-0.05, 0) is 63.9 Å². The molecule has 0 saturated carbocycles. The number of nitrogens with one attached hydrogen (secondary N) is 2. The highest BCUT2D eigenvalue weighted by molar-refractivity contribution is 9.10. The molecule has 0 aliphatic carbocycles. The second-order valence-electron chi connectivity index (χ2n) is 6.67. The van der Waals surface area contributed by atoms with E-state index in [1.54, 1.807) is 18.2 Å². The number of halogens is 1. The summed E-state index contributed by atoms with van der Waals surface area (Å²) in [6.45, 7) is 1.21. The van der Waals surface area contributed by atoms with Crippen molar-refractivity contribution in [1.82, 2.24) is 10.6 Å². The summed E-state index contributed by atoms with van der Waals surface area (Å²) in [5.74, 6) is 0.440. The number of hydrogen-bond acceptors (Lipinski definition) is 3. The standard InChI is InChI=1S/C24H23BrN2O2S/c25-21-17-20(11-12-22(21)29-16-14-19-9-5-2-6-10-19)23(28)27-24(30)26-15-13-18-7-3-1-4-8-18/h1-12,17H,13-16H2,(H2,26,27,28,30). The normalized spacial score (nSPS) is 10.3. The van der Waals surface area contributed by atoms with E-state index in [1.165, 1.54) is 11.1 Å². The Morgan fingerprint density at radius 1 is 0.900 bits per heavy atom. The lowest BCUT2D eigenvalue weighted by molar-refractivity contribution is 0.0976. The summed E-state index contributed by atoms with van der Waals surface area (Å²) < 4.78 is 6.56. The molecule has 0 saturated heterocycles. The zero-order chi connectivity index (χ0) is 21.2. The van der Waals surface area contributed by atoms with Gasteiger partial charge in [0, 0.05) is 18.5 Å². The predicted octanol–water partition coefficient (Wildman–Crippen LogP) is 4.92. The van der Waals surface area contributed by atoms with Gasteiger partial charge in [-0.3, -0.25) is 10.1 Å². The Kier molecular flexibility index (Phi) is 8.41. The molecule has 0 spiro atoms. The highest BCUT2D eigenvalue weighted by Crippen LogP contribution is 2.26. The van der Waals surface area contributed by atoms with Crippen LogP contribution in [0, 0.1) is 0 Å². The molecule has 1 amide bonds. The van der Waals surface area contributed by atoms with E-state index in [9.17, 15) is 4.79 Å². The molecule has 154 valence electrons. The molecule has 30 heavy (non-hydrogen) atoms. The van der Waals surface area contributed by atoms with Crippen LogP contribution in [0.3, 0.4) is 0 Å². The van der Waals surface area contributed by atoms with Crippen molar-refractivity contribution in [2.24, 2.45) is 0 Å². The number of ether oxygens (including phenoxy) is 1. The van der Waals surface area contributed by atoms with E-state index in [1.807, 2.05) is 36.4 Å². The smallest absolute Gasteiger partial charge is 0.257 e. The molecule has 0 atom stereocenters. The molecular formula is C24H23BrN2O2S. The van der Waals surface area contributed by atoms with Gasteiger partial charge in [-0.2, -0.15) is 0 Å². The fraction of sp³-hybridized carbons (Fsp3) is 0.167. The number of amides is 1. The van der Waals surface area contributed by atoms with E-state index in [0.717, 1.165) is 17.3 Å². The molecule has 6 heteroatoms. The molecule has 0 aliphatic rings. The van der Waals surface area contributed by atoms with Crippen LogP contribution < -0.4 is 15.4 Å². The van der Waals surface area contributed by atoms with Crippen LogP contribution in [-0.2, 0) is 12.8 Å². The van der Waals surface area contributed by atoms with Gasteiger partial charge in [0.25, 0.3) is 5.91 Å². The molecule has 0 bridgehead atoms. The highest BCUT2D eigenvalue weighted by Gasteiger charge is 2.11. The molecule has 4 nitrogen and oxygen atoms in total. The first-order chi connectivity index (χ1) is 14.6. The van der Waals surface area contributed by atoms with Crippen LogP contribution >= 0.6 is 28.1 Å². The van der Waals surface area contributed by atoms with Crippen LogP contribution in [-0.4, -0.2) is 24.2 Å². The lowest BCUT2D eigenvalue weighted by Crippen LogP contribution is -2.40. The fourth-order valence-electron chi connectivity index (χ4n) is 2.87. The Morgan fingerprint density at radius 3 is 2.17 bits per heavy atom. The third-order valence-corrected chi connectivity index (χ3v) is 5.32. The van der Waals surface area contributed by atoms with Crippen molar-refractivity contribution in [1.29, 1.82) is 0 Å². The van der Waals surface area contributed by atoms with Gasteiger partial charge in [0.2, 0.25) is 0 Å². The van der Waals surface area contributed by atoms with Gasteiger partial charge in [-0.1, -0.05) is 60.7 Å². The van der Waals surface area contributed by atoms with Gasteiger partial charge in [-0.25, -0.2) is 0 Å². The minimum atomic E-state index is -0.260. The first kappa shape index (κ1) is 22.0. The average molecular weight is 483 g/mol. The van der Waals surface area contributed by atoms with Crippen LogP contribution in [0.5, 0.6) is 5.75 Å². The summed E-state index contributed by atoms with van der Waals surface area (Å²) in [6, 6.07) is 25.5. The number of carbonyl (C=O) groups excluding carboxylic acids is 1. The first-order valence-corrected chi connectivity index (χ1v) is 10.9. The first-order valence-electron chi connectivity index (χ1n) is 9.71. The van der Waals surface area contributed by atoms with Crippen LogP contribution in [0.25, 0.3) is 0 Å². The van der Waals surface area contributed by atoms with E-state index in [4.69, 9.17) is 17.0 Å². The van der Waals surface area contributed by atoms with Crippen LogP contribution in [0.4, 0.5) is 0 Å². The molecule has 3 aromatic carbocycles. The molecule has 0 heterocycles. The summed E-state index contributed by atoms with van der Waals surface area (Å²) in [5.41, 5.74) is 2.94. The minimum absolute atomic E-state index is 0.260. The molecular weight excluding hydrogens is 460 g/mol. The quantitative estimate of drug-likeness (QED) is 0.447. The summed E-state index contributed by atoms with van der Waals surface area (Å²) in [7, 11) is 0. The third-order valence-electron chi connectivity index (χ3n) is 4.45. The summed E-state index contributed by atoms with van der Waals surface area (Å²) in [5, 5.41) is 6.09. The monoisotopic (exact) mass is 482 g/mol. The summed E-state index contributed by atoms with van der Waals surface area (Å²) >= 11 is 8.71. The van der Waals surface area contributed by atoms with E-state index >= 15 is 0 Å². The summed E-state index contributed by atoms with van der Waals surface area (Å²) in [4.78, 5) is 12.5. The zero-order valence-electron chi connectivity index (χ0n) is 16.4. The molecule has 0 unspecified atom stereocenters. The third kappa shape index (κ3) is 6.97.